The summed E-state index contributed by atoms with van der Waals surface area (Å²) in [4.78, 5) is 12.3. The zero-order chi connectivity index (χ0) is 18.8. The highest BCUT2D eigenvalue weighted by atomic mass is 16.7. The fourth-order valence-corrected chi connectivity index (χ4v) is 2.90. The monoisotopic (exact) mass is 364 g/mol. The molecule has 0 unspecified atom stereocenters. The van der Waals surface area contributed by atoms with Gasteiger partial charge in [0.05, 0.1) is 12.1 Å². The number of benzene rings is 2. The van der Waals surface area contributed by atoms with Crippen LogP contribution < -0.4 is 14.8 Å². The van der Waals surface area contributed by atoms with Gasteiger partial charge in [0.15, 0.2) is 17.3 Å². The van der Waals surface area contributed by atoms with Crippen LogP contribution in [0.3, 0.4) is 0 Å². The fraction of sp³-hybridized carbons (Fsp3) is 0.238. The number of fused-ring (bicyclic) bond motifs is 1. The molecule has 6 heteroatoms. The molecule has 1 N–H and O–H groups in total. The van der Waals surface area contributed by atoms with Gasteiger partial charge in [0.2, 0.25) is 12.7 Å². The highest BCUT2D eigenvalue weighted by molar-refractivity contribution is 5.92. The quantitative estimate of drug-likeness (QED) is 0.727. The number of nitrogens with one attached hydrogen (secondary N) is 1. The Morgan fingerprint density at radius 3 is 2.63 bits per heavy atom. The summed E-state index contributed by atoms with van der Waals surface area (Å²) < 4.78 is 16.1. The number of nitrogens with zero attached hydrogens (tertiary/aromatic N) is 1. The van der Waals surface area contributed by atoms with Crippen molar-refractivity contribution in [3.05, 3.63) is 59.8 Å². The number of anilines is 1. The third kappa shape index (κ3) is 3.79. The van der Waals surface area contributed by atoms with Crippen LogP contribution in [0.1, 0.15) is 31.0 Å². The first kappa shape index (κ1) is 17.1. The topological polar surface area (TPSA) is 73.6 Å². The molecule has 1 aliphatic heterocycles. The van der Waals surface area contributed by atoms with Crippen LogP contribution in [0, 0.1) is 0 Å². The van der Waals surface area contributed by atoms with Gasteiger partial charge in [0, 0.05) is 17.3 Å². The molecule has 0 saturated heterocycles. The predicted octanol–water partition coefficient (Wildman–Crippen LogP) is 4.37. The Morgan fingerprint density at radius 2 is 1.85 bits per heavy atom. The van der Waals surface area contributed by atoms with E-state index in [9.17, 15) is 4.79 Å². The molecular formula is C21H20N2O4. The second-order valence-electron chi connectivity index (χ2n) is 6.75. The maximum Gasteiger partial charge on any atom is 0.231 e. The van der Waals surface area contributed by atoms with Gasteiger partial charge in [-0.3, -0.25) is 4.79 Å². The third-order valence-electron chi connectivity index (χ3n) is 4.42. The molecule has 138 valence electrons. The zero-order valence-electron chi connectivity index (χ0n) is 15.2. The smallest absolute Gasteiger partial charge is 0.231 e. The molecule has 0 bridgehead atoms. The molecule has 1 aromatic heterocycles. The molecule has 2 heterocycles. The van der Waals surface area contributed by atoms with Crippen molar-refractivity contribution in [2.75, 3.05) is 12.1 Å². The third-order valence-corrected chi connectivity index (χ3v) is 4.42. The lowest BCUT2D eigenvalue weighted by atomic mass is 10.0. The molecule has 4 rings (SSSR count). The van der Waals surface area contributed by atoms with Gasteiger partial charge in [-0.15, -0.1) is 0 Å². The minimum Gasteiger partial charge on any atom is -0.454 e. The van der Waals surface area contributed by atoms with Crippen LogP contribution in [0.25, 0.3) is 11.3 Å². The minimum atomic E-state index is -0.141. The Morgan fingerprint density at radius 1 is 1.07 bits per heavy atom. The van der Waals surface area contributed by atoms with Crippen LogP contribution in [0.5, 0.6) is 11.5 Å². The lowest BCUT2D eigenvalue weighted by Gasteiger charge is -2.07. The average molecular weight is 364 g/mol. The van der Waals surface area contributed by atoms with Crippen LogP contribution in [0.15, 0.2) is 53.1 Å². The van der Waals surface area contributed by atoms with Crippen molar-refractivity contribution in [3.8, 4) is 22.8 Å². The number of hydrogen-bond acceptors (Lipinski definition) is 5. The van der Waals surface area contributed by atoms with Gasteiger partial charge in [-0.05, 0) is 41.8 Å². The molecule has 2 aromatic carbocycles. The second-order valence-corrected chi connectivity index (χ2v) is 6.75. The molecule has 0 aliphatic carbocycles. The van der Waals surface area contributed by atoms with Gasteiger partial charge in [-0.25, -0.2) is 0 Å². The molecule has 1 amide bonds. The van der Waals surface area contributed by atoms with Crippen molar-refractivity contribution in [1.82, 2.24) is 5.16 Å². The van der Waals surface area contributed by atoms with E-state index >= 15 is 0 Å². The summed E-state index contributed by atoms with van der Waals surface area (Å²) in [6, 6.07) is 15.2. The first-order valence-electron chi connectivity index (χ1n) is 8.84. The molecule has 0 spiro atoms. The van der Waals surface area contributed by atoms with Crippen molar-refractivity contribution in [3.63, 3.8) is 0 Å². The Hall–Kier alpha value is -3.28. The molecule has 27 heavy (non-hydrogen) atoms. The SMILES string of the molecule is CC(C)c1ccc(NC(=O)Cc2cc(-c3ccc4c(c3)OCO4)on2)cc1. The van der Waals surface area contributed by atoms with Gasteiger partial charge in [0.1, 0.15) is 0 Å². The van der Waals surface area contributed by atoms with Gasteiger partial charge in [-0.1, -0.05) is 31.1 Å². The highest BCUT2D eigenvalue weighted by Crippen LogP contribution is 2.36. The molecule has 0 saturated carbocycles. The number of rotatable bonds is 5. The van der Waals surface area contributed by atoms with Crippen LogP contribution in [-0.4, -0.2) is 17.9 Å². The van der Waals surface area contributed by atoms with E-state index in [0.29, 0.717) is 28.9 Å². The van der Waals surface area contributed by atoms with E-state index in [4.69, 9.17) is 14.0 Å². The Kier molecular flexibility index (Phi) is 4.54. The number of ether oxygens (including phenoxy) is 2. The van der Waals surface area contributed by atoms with E-state index in [1.54, 1.807) is 6.07 Å². The van der Waals surface area contributed by atoms with Crippen molar-refractivity contribution in [2.45, 2.75) is 26.2 Å². The van der Waals surface area contributed by atoms with Gasteiger partial charge in [-0.2, -0.15) is 0 Å². The van der Waals surface area contributed by atoms with Crippen LogP contribution in [-0.2, 0) is 11.2 Å². The summed E-state index contributed by atoms with van der Waals surface area (Å²) in [5, 5.41) is 6.88. The molecule has 6 nitrogen and oxygen atoms in total. The standard InChI is InChI=1S/C21H20N2O4/c1-13(2)14-3-6-16(7-4-14)22-21(24)11-17-10-19(27-23-17)15-5-8-18-20(9-15)26-12-25-18/h3-10,13H,11-12H2,1-2H3,(H,22,24). The summed E-state index contributed by atoms with van der Waals surface area (Å²) in [6.07, 6.45) is 0.139. The van der Waals surface area contributed by atoms with Crippen molar-refractivity contribution in [2.24, 2.45) is 0 Å². The summed E-state index contributed by atoms with van der Waals surface area (Å²) in [5.74, 6) is 2.28. The Bertz CT molecular complexity index is 961. The number of carbonyl (C=O) groups excluding carboxylic acids is 1. The second kappa shape index (κ2) is 7.15. The largest absolute Gasteiger partial charge is 0.454 e. The lowest BCUT2D eigenvalue weighted by molar-refractivity contribution is -0.115. The maximum absolute atomic E-state index is 12.3. The molecule has 1 aliphatic rings. The van der Waals surface area contributed by atoms with Gasteiger partial charge < -0.3 is 19.3 Å². The zero-order valence-corrected chi connectivity index (χ0v) is 15.2. The van der Waals surface area contributed by atoms with Crippen LogP contribution in [0.2, 0.25) is 0 Å². The summed E-state index contributed by atoms with van der Waals surface area (Å²) in [5.41, 5.74) is 3.39. The first-order chi connectivity index (χ1) is 13.1. The van der Waals surface area contributed by atoms with Crippen LogP contribution >= 0.6 is 0 Å². The maximum atomic E-state index is 12.3. The summed E-state index contributed by atoms with van der Waals surface area (Å²) in [6.45, 7) is 4.49. The van der Waals surface area contributed by atoms with Crippen molar-refractivity contribution >= 4 is 11.6 Å². The predicted molar refractivity (Wildman–Crippen MR) is 101 cm³/mol. The minimum absolute atomic E-state index is 0.139. The Labute approximate surface area is 157 Å². The molecular weight excluding hydrogens is 344 g/mol. The van der Waals surface area contributed by atoms with Crippen LogP contribution in [0.4, 0.5) is 5.69 Å². The normalized spacial score (nSPS) is 12.4. The molecule has 0 atom stereocenters. The van der Waals surface area contributed by atoms with E-state index in [-0.39, 0.29) is 19.1 Å². The Balaban J connectivity index is 1.41. The number of carbonyl (C=O) groups is 1. The van der Waals surface area contributed by atoms with Gasteiger partial charge in [0.25, 0.3) is 0 Å². The highest BCUT2D eigenvalue weighted by Gasteiger charge is 2.16. The van der Waals surface area contributed by atoms with E-state index in [2.05, 4.69) is 24.3 Å². The average Bonchev–Trinajstić information content (AvgIpc) is 3.30. The van der Waals surface area contributed by atoms with E-state index in [0.717, 1.165) is 11.3 Å². The number of hydrogen-bond donors (Lipinski definition) is 1. The first-order valence-corrected chi connectivity index (χ1v) is 8.84. The number of aromatic nitrogens is 1. The molecule has 0 radical (unpaired) electrons. The fourth-order valence-electron chi connectivity index (χ4n) is 2.90. The summed E-state index contributed by atoms with van der Waals surface area (Å²) >= 11 is 0. The van der Waals surface area contributed by atoms with E-state index < -0.39 is 0 Å². The molecule has 3 aromatic rings. The summed E-state index contributed by atoms with van der Waals surface area (Å²) in [7, 11) is 0. The lowest BCUT2D eigenvalue weighted by Crippen LogP contribution is -2.14. The van der Waals surface area contributed by atoms with Crippen molar-refractivity contribution in [1.29, 1.82) is 0 Å². The number of amides is 1. The molecule has 0 fully saturated rings. The van der Waals surface area contributed by atoms with E-state index in [1.165, 1.54) is 5.56 Å². The van der Waals surface area contributed by atoms with Crippen molar-refractivity contribution < 1.29 is 18.8 Å². The van der Waals surface area contributed by atoms with Gasteiger partial charge >= 0.3 is 0 Å². The van der Waals surface area contributed by atoms with E-state index in [1.807, 2.05) is 42.5 Å².